The van der Waals surface area contributed by atoms with Gasteiger partial charge in [-0.2, -0.15) is 10.5 Å². The number of hydrogen-bond donors (Lipinski definition) is 0. The Morgan fingerprint density at radius 2 is 1.77 bits per heavy atom. The zero-order chi connectivity index (χ0) is 18.5. The maximum atomic E-state index is 12.2. The van der Waals surface area contributed by atoms with Crippen LogP contribution in [0.15, 0.2) is 48.5 Å². The van der Waals surface area contributed by atoms with Gasteiger partial charge in [-0.3, -0.25) is 4.79 Å². The van der Waals surface area contributed by atoms with Gasteiger partial charge in [0.05, 0.1) is 12.1 Å². The molecule has 0 spiro atoms. The average molecular weight is 342 g/mol. The smallest absolute Gasteiger partial charge is 0.248 e. The summed E-state index contributed by atoms with van der Waals surface area (Å²) in [7, 11) is 0. The molecule has 0 bridgehead atoms. The van der Waals surface area contributed by atoms with Crippen molar-refractivity contribution < 1.29 is 4.79 Å². The zero-order valence-electron chi connectivity index (χ0n) is 14.5. The number of aryl methyl sites for hydroxylation is 1. The number of amides is 1. The molecule has 5 nitrogen and oxygen atoms in total. The molecule has 3 rings (SSSR count). The highest BCUT2D eigenvalue weighted by Gasteiger charge is 2.11. The predicted octanol–water partition coefficient (Wildman–Crippen LogP) is 3.70. The molecule has 0 saturated heterocycles. The van der Waals surface area contributed by atoms with E-state index in [0.717, 1.165) is 23.0 Å². The summed E-state index contributed by atoms with van der Waals surface area (Å²) in [5.41, 5.74) is 3.25. The van der Waals surface area contributed by atoms with Crippen LogP contribution in [0.3, 0.4) is 0 Å². The molecule has 0 N–H and O–H groups in total. The number of para-hydroxylation sites is 1. The molecule has 0 aliphatic carbocycles. The minimum atomic E-state index is -0.343. The van der Waals surface area contributed by atoms with Crippen LogP contribution in [0.1, 0.15) is 12.5 Å². The highest BCUT2D eigenvalue weighted by Crippen LogP contribution is 2.29. The minimum Gasteiger partial charge on any atom is -0.341 e. The van der Waals surface area contributed by atoms with Crippen molar-refractivity contribution in [2.75, 3.05) is 13.1 Å². The summed E-state index contributed by atoms with van der Waals surface area (Å²) in [5.74, 6) is -0.343. The molecule has 0 fully saturated rings. The Labute approximate surface area is 152 Å². The fraction of sp³-hybridized carbons (Fsp3) is 0.190. The molecule has 1 amide bonds. The molecule has 0 aliphatic rings. The molecular weight excluding hydrogens is 324 g/mol. The topological polar surface area (TPSA) is 72.8 Å². The third kappa shape index (κ3) is 3.16. The van der Waals surface area contributed by atoms with Crippen LogP contribution in [0.4, 0.5) is 0 Å². The number of carbonyl (C=O) groups excluding carboxylic acids is 1. The number of nitriles is 2. The molecule has 0 saturated carbocycles. The van der Waals surface area contributed by atoms with Crippen LogP contribution in [0.5, 0.6) is 0 Å². The summed E-state index contributed by atoms with van der Waals surface area (Å²) < 4.78 is 2.27. The second-order valence-corrected chi connectivity index (χ2v) is 5.88. The number of rotatable bonds is 5. The Morgan fingerprint density at radius 1 is 1.08 bits per heavy atom. The first-order chi connectivity index (χ1) is 12.7. The Hall–Kier alpha value is -3.57. The lowest BCUT2D eigenvalue weighted by molar-refractivity contribution is -0.124. The predicted molar refractivity (Wildman–Crippen MR) is 102 cm³/mol. The summed E-state index contributed by atoms with van der Waals surface area (Å²) in [6.07, 6.45) is 3.14. The van der Waals surface area contributed by atoms with Gasteiger partial charge in [-0.1, -0.05) is 24.3 Å². The van der Waals surface area contributed by atoms with Gasteiger partial charge < -0.3 is 9.47 Å². The van der Waals surface area contributed by atoms with Gasteiger partial charge >= 0.3 is 0 Å². The van der Waals surface area contributed by atoms with Gasteiger partial charge in [-0.15, -0.1) is 0 Å². The second kappa shape index (κ2) is 7.55. The molecule has 5 heteroatoms. The van der Waals surface area contributed by atoms with E-state index >= 15 is 0 Å². The van der Waals surface area contributed by atoms with E-state index in [1.54, 1.807) is 6.08 Å². The first-order valence-electron chi connectivity index (χ1n) is 8.41. The number of benzene rings is 2. The molecule has 2 aromatic carbocycles. The van der Waals surface area contributed by atoms with E-state index < -0.39 is 0 Å². The van der Waals surface area contributed by atoms with Gasteiger partial charge in [-0.05, 0) is 36.8 Å². The van der Waals surface area contributed by atoms with E-state index in [-0.39, 0.29) is 19.0 Å². The number of hydrogen-bond acceptors (Lipinski definition) is 3. The maximum Gasteiger partial charge on any atom is 0.248 e. The highest BCUT2D eigenvalue weighted by molar-refractivity contribution is 6.08. The summed E-state index contributed by atoms with van der Waals surface area (Å²) in [6, 6.07) is 18.2. The standard InChI is InChI=1S/C21H18N4O/c1-2-25-19-6-4-3-5-17(19)18-15-16(7-9-20(18)25)8-10-21(26)24(13-11-22)14-12-23/h3-10,15H,2,13-14H2,1H3. The number of carbonyl (C=O) groups is 1. The van der Waals surface area contributed by atoms with Gasteiger partial charge in [0.1, 0.15) is 13.1 Å². The maximum absolute atomic E-state index is 12.2. The summed E-state index contributed by atoms with van der Waals surface area (Å²) in [4.78, 5) is 13.4. The average Bonchev–Trinajstić information content (AvgIpc) is 2.99. The van der Waals surface area contributed by atoms with Crippen LogP contribution >= 0.6 is 0 Å². The van der Waals surface area contributed by atoms with Gasteiger partial charge in [0.2, 0.25) is 5.91 Å². The Kier molecular flexibility index (Phi) is 5.01. The minimum absolute atomic E-state index is 0.0975. The van der Waals surface area contributed by atoms with Crippen molar-refractivity contribution in [1.82, 2.24) is 9.47 Å². The number of fused-ring (bicyclic) bond motifs is 3. The lowest BCUT2D eigenvalue weighted by Gasteiger charge is -2.12. The van der Waals surface area contributed by atoms with Crippen molar-refractivity contribution in [2.45, 2.75) is 13.5 Å². The van der Waals surface area contributed by atoms with E-state index in [2.05, 4.69) is 35.8 Å². The Morgan fingerprint density at radius 3 is 2.46 bits per heavy atom. The largest absolute Gasteiger partial charge is 0.341 e. The number of aromatic nitrogens is 1. The van der Waals surface area contributed by atoms with Crippen molar-refractivity contribution in [3.63, 3.8) is 0 Å². The van der Waals surface area contributed by atoms with Crippen molar-refractivity contribution in [3.8, 4) is 12.1 Å². The molecule has 128 valence electrons. The Bertz CT molecular complexity index is 1060. The van der Waals surface area contributed by atoms with Gasteiger partial charge in [-0.25, -0.2) is 0 Å². The van der Waals surface area contributed by atoms with Crippen LogP contribution in [0.2, 0.25) is 0 Å². The fourth-order valence-electron chi connectivity index (χ4n) is 3.17. The molecule has 0 atom stereocenters. The van der Waals surface area contributed by atoms with Gasteiger partial charge in [0.25, 0.3) is 0 Å². The molecule has 3 aromatic rings. The van der Waals surface area contributed by atoms with Crippen LogP contribution in [-0.4, -0.2) is 28.5 Å². The molecule has 0 aliphatic heterocycles. The van der Waals surface area contributed by atoms with E-state index in [4.69, 9.17) is 10.5 Å². The lowest BCUT2D eigenvalue weighted by Crippen LogP contribution is -2.30. The lowest BCUT2D eigenvalue weighted by atomic mass is 10.1. The van der Waals surface area contributed by atoms with Crippen molar-refractivity contribution in [2.24, 2.45) is 0 Å². The van der Waals surface area contributed by atoms with Crippen molar-refractivity contribution in [3.05, 3.63) is 54.1 Å². The van der Waals surface area contributed by atoms with Gasteiger partial charge in [0, 0.05) is 34.4 Å². The third-order valence-electron chi connectivity index (χ3n) is 4.37. The normalized spacial score (nSPS) is 10.9. The first-order valence-corrected chi connectivity index (χ1v) is 8.41. The molecule has 1 aromatic heterocycles. The first kappa shape index (κ1) is 17.3. The van der Waals surface area contributed by atoms with Crippen LogP contribution in [-0.2, 0) is 11.3 Å². The van der Waals surface area contributed by atoms with Crippen LogP contribution in [0.25, 0.3) is 27.9 Å². The van der Waals surface area contributed by atoms with Crippen molar-refractivity contribution in [1.29, 1.82) is 10.5 Å². The summed E-state index contributed by atoms with van der Waals surface area (Å²) in [5, 5.41) is 19.8. The third-order valence-corrected chi connectivity index (χ3v) is 4.37. The van der Waals surface area contributed by atoms with Crippen molar-refractivity contribution >= 4 is 33.8 Å². The molecule has 1 heterocycles. The SMILES string of the molecule is CCn1c2ccccc2c2cc(C=CC(=O)N(CC#N)CC#N)ccc21. The van der Waals surface area contributed by atoms with Crippen LogP contribution in [0, 0.1) is 22.7 Å². The quantitative estimate of drug-likeness (QED) is 0.524. The second-order valence-electron chi connectivity index (χ2n) is 5.88. The van der Waals surface area contributed by atoms with Crippen LogP contribution < -0.4 is 0 Å². The summed E-state index contributed by atoms with van der Waals surface area (Å²) >= 11 is 0. The van der Waals surface area contributed by atoms with E-state index in [0.29, 0.717) is 0 Å². The summed E-state index contributed by atoms with van der Waals surface area (Å²) in [6.45, 7) is 2.81. The van der Waals surface area contributed by atoms with E-state index in [9.17, 15) is 4.79 Å². The fourth-order valence-corrected chi connectivity index (χ4v) is 3.17. The van der Waals surface area contributed by atoms with E-state index in [1.807, 2.05) is 30.3 Å². The highest BCUT2D eigenvalue weighted by atomic mass is 16.2. The number of nitrogens with zero attached hydrogens (tertiary/aromatic N) is 4. The molecular formula is C21H18N4O. The van der Waals surface area contributed by atoms with E-state index in [1.165, 1.54) is 21.9 Å². The molecule has 26 heavy (non-hydrogen) atoms. The molecule has 0 unspecified atom stereocenters. The zero-order valence-corrected chi connectivity index (χ0v) is 14.5. The van der Waals surface area contributed by atoms with Gasteiger partial charge in [0.15, 0.2) is 0 Å². The Balaban J connectivity index is 1.97. The monoisotopic (exact) mass is 342 g/mol. The molecule has 0 radical (unpaired) electrons.